The molecule has 0 saturated carbocycles. The molecule has 8 heteroatoms. The van der Waals surface area contributed by atoms with Crippen LogP contribution in [0.15, 0.2) is 23.1 Å². The average molecular weight is 358 g/mol. The number of likely N-dealkylation sites (N-methyl/N-ethyl adjacent to an activating group) is 1. The van der Waals surface area contributed by atoms with Crippen molar-refractivity contribution in [2.24, 2.45) is 0 Å². The van der Waals surface area contributed by atoms with Crippen LogP contribution >= 0.6 is 0 Å². The zero-order valence-electron chi connectivity index (χ0n) is 13.5. The van der Waals surface area contributed by atoms with Crippen molar-refractivity contribution in [1.82, 2.24) is 9.21 Å². The minimum Gasteiger partial charge on any atom is -0.339 e. The molecule has 1 aromatic rings. The second-order valence-electron chi connectivity index (χ2n) is 6.55. The van der Waals surface area contributed by atoms with E-state index in [-0.39, 0.29) is 17.3 Å². The Hall–Kier alpha value is -1.54. The second-order valence-corrected chi connectivity index (χ2v) is 8.49. The van der Waals surface area contributed by atoms with Crippen molar-refractivity contribution < 1.29 is 22.0 Å². The van der Waals surface area contributed by atoms with E-state index in [4.69, 9.17) is 0 Å². The number of hydrogen-bond acceptors (Lipinski definition) is 3. The molecule has 1 spiro atoms. The molecule has 0 unspecified atom stereocenters. The van der Waals surface area contributed by atoms with Crippen LogP contribution in [-0.4, -0.2) is 49.2 Å². The molecule has 2 saturated heterocycles. The van der Waals surface area contributed by atoms with Crippen molar-refractivity contribution in [1.29, 1.82) is 0 Å². The first-order chi connectivity index (χ1) is 11.3. The molecule has 1 atom stereocenters. The third kappa shape index (κ3) is 2.82. The van der Waals surface area contributed by atoms with E-state index in [0.717, 1.165) is 31.4 Å². The quantitative estimate of drug-likeness (QED) is 0.814. The number of nitrogens with zero attached hydrogens (tertiary/aromatic N) is 2. The van der Waals surface area contributed by atoms with Crippen LogP contribution in [0.4, 0.5) is 8.78 Å². The Labute approximate surface area is 140 Å². The Bertz CT molecular complexity index is 765. The molecule has 0 radical (unpaired) electrons. The van der Waals surface area contributed by atoms with Crippen LogP contribution in [0.1, 0.15) is 32.1 Å². The third-order valence-corrected chi connectivity index (χ3v) is 7.01. The number of piperidine rings is 2. The largest absolute Gasteiger partial charge is 0.339 e. The van der Waals surface area contributed by atoms with Crippen LogP contribution in [0, 0.1) is 11.6 Å². The molecule has 2 fully saturated rings. The predicted octanol–water partition coefficient (Wildman–Crippen LogP) is 2.13. The van der Waals surface area contributed by atoms with Gasteiger partial charge in [-0.1, -0.05) is 0 Å². The van der Waals surface area contributed by atoms with Gasteiger partial charge in [-0.25, -0.2) is 17.2 Å². The highest BCUT2D eigenvalue weighted by molar-refractivity contribution is 7.89. The summed E-state index contributed by atoms with van der Waals surface area (Å²) in [6, 6.07) is 2.60. The highest BCUT2D eigenvalue weighted by Gasteiger charge is 2.46. The van der Waals surface area contributed by atoms with Gasteiger partial charge < -0.3 is 4.90 Å². The van der Waals surface area contributed by atoms with E-state index < -0.39 is 27.2 Å². The first kappa shape index (κ1) is 17.3. The summed E-state index contributed by atoms with van der Waals surface area (Å²) >= 11 is 0. The number of likely N-dealkylation sites (tertiary alicyclic amines) is 1. The van der Waals surface area contributed by atoms with Crippen LogP contribution < -0.4 is 0 Å². The van der Waals surface area contributed by atoms with E-state index in [1.807, 2.05) is 0 Å². The highest BCUT2D eigenvalue weighted by Crippen LogP contribution is 2.37. The van der Waals surface area contributed by atoms with Crippen molar-refractivity contribution in [3.63, 3.8) is 0 Å². The Morgan fingerprint density at radius 3 is 2.54 bits per heavy atom. The van der Waals surface area contributed by atoms with E-state index in [2.05, 4.69) is 0 Å². The van der Waals surface area contributed by atoms with Crippen molar-refractivity contribution in [3.05, 3.63) is 29.8 Å². The smallest absolute Gasteiger partial charge is 0.243 e. The van der Waals surface area contributed by atoms with Crippen molar-refractivity contribution >= 4 is 15.9 Å². The van der Waals surface area contributed by atoms with Gasteiger partial charge in [0.1, 0.15) is 0 Å². The van der Waals surface area contributed by atoms with Crippen LogP contribution in [0.5, 0.6) is 0 Å². The van der Waals surface area contributed by atoms with Gasteiger partial charge in [-0.05, 0) is 43.9 Å². The first-order valence-corrected chi connectivity index (χ1v) is 9.42. The number of amides is 1. The standard InChI is InChI=1S/C16H20F2N2O3S/c1-19-15(21)4-2-7-16(19)8-3-9-20(11-16)24(22,23)12-5-6-13(17)14(18)10-12/h5-6,10H,2-4,7-9,11H2,1H3/t16-/m0/s1. The molecule has 5 nitrogen and oxygen atoms in total. The summed E-state index contributed by atoms with van der Waals surface area (Å²) in [5.74, 6) is -2.25. The summed E-state index contributed by atoms with van der Waals surface area (Å²) < 4.78 is 53.4. The fraction of sp³-hybridized carbons (Fsp3) is 0.562. The summed E-state index contributed by atoms with van der Waals surface area (Å²) in [6.07, 6.45) is 3.34. The number of rotatable bonds is 2. The first-order valence-electron chi connectivity index (χ1n) is 7.98. The summed E-state index contributed by atoms with van der Waals surface area (Å²) in [5, 5.41) is 0. The number of carbonyl (C=O) groups is 1. The fourth-order valence-corrected chi connectivity index (χ4v) is 5.28. The maximum atomic E-state index is 13.4. The molecular weight excluding hydrogens is 338 g/mol. The lowest BCUT2D eigenvalue weighted by atomic mass is 9.81. The molecule has 132 valence electrons. The lowest BCUT2D eigenvalue weighted by Crippen LogP contribution is -2.61. The number of sulfonamides is 1. The Morgan fingerprint density at radius 2 is 1.83 bits per heavy atom. The molecule has 0 aliphatic carbocycles. The van der Waals surface area contributed by atoms with Gasteiger partial charge >= 0.3 is 0 Å². The number of hydrogen-bond donors (Lipinski definition) is 0. The van der Waals surface area contributed by atoms with Crippen LogP contribution in [0.3, 0.4) is 0 Å². The van der Waals surface area contributed by atoms with E-state index in [1.165, 1.54) is 4.31 Å². The SMILES string of the molecule is CN1C(=O)CCC[C@@]12CCCN(S(=O)(=O)c1ccc(F)c(F)c1)C2. The molecule has 2 aliphatic rings. The number of benzene rings is 1. The maximum Gasteiger partial charge on any atom is 0.243 e. The van der Waals surface area contributed by atoms with Gasteiger partial charge in [-0.2, -0.15) is 4.31 Å². The van der Waals surface area contributed by atoms with Gasteiger partial charge in [0, 0.05) is 26.6 Å². The third-order valence-electron chi connectivity index (χ3n) is 5.17. The topological polar surface area (TPSA) is 57.7 Å². The van der Waals surface area contributed by atoms with Gasteiger partial charge in [0.2, 0.25) is 15.9 Å². The summed E-state index contributed by atoms with van der Waals surface area (Å²) in [6.45, 7) is 0.502. The maximum absolute atomic E-state index is 13.4. The highest BCUT2D eigenvalue weighted by atomic mass is 32.2. The molecule has 0 aromatic heterocycles. The average Bonchev–Trinajstić information content (AvgIpc) is 2.55. The zero-order chi connectivity index (χ0) is 17.5. The Kier molecular flexibility index (Phi) is 4.37. The van der Waals surface area contributed by atoms with Crippen molar-refractivity contribution in [2.75, 3.05) is 20.1 Å². The van der Waals surface area contributed by atoms with Gasteiger partial charge in [-0.3, -0.25) is 4.79 Å². The zero-order valence-corrected chi connectivity index (χ0v) is 14.3. The Balaban J connectivity index is 1.91. The van der Waals surface area contributed by atoms with Crippen LogP contribution in [0.2, 0.25) is 0 Å². The molecule has 2 aliphatic heterocycles. The van der Waals surface area contributed by atoms with E-state index in [0.29, 0.717) is 25.5 Å². The van der Waals surface area contributed by atoms with E-state index in [1.54, 1.807) is 11.9 Å². The lowest BCUT2D eigenvalue weighted by Gasteiger charge is -2.50. The molecule has 1 amide bonds. The van der Waals surface area contributed by atoms with Gasteiger partial charge in [-0.15, -0.1) is 0 Å². The summed E-state index contributed by atoms with van der Waals surface area (Å²) in [4.78, 5) is 13.5. The second kappa shape index (κ2) is 6.07. The van der Waals surface area contributed by atoms with Crippen molar-refractivity contribution in [2.45, 2.75) is 42.5 Å². The minimum absolute atomic E-state index is 0.0216. The lowest BCUT2D eigenvalue weighted by molar-refractivity contribution is -0.141. The van der Waals surface area contributed by atoms with Crippen LogP contribution in [-0.2, 0) is 14.8 Å². The van der Waals surface area contributed by atoms with Crippen molar-refractivity contribution in [3.8, 4) is 0 Å². The number of carbonyl (C=O) groups excluding carboxylic acids is 1. The van der Waals surface area contributed by atoms with Gasteiger partial charge in [0.25, 0.3) is 0 Å². The van der Waals surface area contributed by atoms with E-state index in [9.17, 15) is 22.0 Å². The number of halogens is 2. The molecule has 3 rings (SSSR count). The van der Waals surface area contributed by atoms with E-state index >= 15 is 0 Å². The molecule has 2 heterocycles. The molecular formula is C16H20F2N2O3S. The van der Waals surface area contributed by atoms with Crippen LogP contribution in [0.25, 0.3) is 0 Å². The minimum atomic E-state index is -3.93. The molecule has 0 N–H and O–H groups in total. The monoisotopic (exact) mass is 358 g/mol. The normalized spacial score (nSPS) is 26.1. The fourth-order valence-electron chi connectivity index (χ4n) is 3.71. The molecule has 24 heavy (non-hydrogen) atoms. The summed E-state index contributed by atoms with van der Waals surface area (Å²) in [7, 11) is -2.21. The predicted molar refractivity (Wildman–Crippen MR) is 83.7 cm³/mol. The summed E-state index contributed by atoms with van der Waals surface area (Å²) in [5.41, 5.74) is -0.501. The Morgan fingerprint density at radius 1 is 1.12 bits per heavy atom. The van der Waals surface area contributed by atoms with Gasteiger partial charge in [0.05, 0.1) is 10.4 Å². The molecule has 0 bridgehead atoms. The van der Waals surface area contributed by atoms with Gasteiger partial charge in [0.15, 0.2) is 11.6 Å². The molecule has 1 aromatic carbocycles.